The number of para-hydroxylation sites is 1. The van der Waals surface area contributed by atoms with Crippen LogP contribution in [0.1, 0.15) is 10.4 Å². The van der Waals surface area contributed by atoms with Gasteiger partial charge in [-0.1, -0.05) is 29.8 Å². The standard InChI is InChI=1S/C15H16ClN3O/c1-18-6-8-19(9-7-18)15(20)12-10-11-4-2-3-5-13(11)17-14(12)16/h2-5,10H,6-9H2,1H3/p+1. The van der Waals surface area contributed by atoms with Gasteiger partial charge in [-0.25, -0.2) is 4.98 Å². The van der Waals surface area contributed by atoms with Gasteiger partial charge in [-0.05, 0) is 12.1 Å². The summed E-state index contributed by atoms with van der Waals surface area (Å²) < 4.78 is 0. The molecule has 0 saturated carbocycles. The van der Waals surface area contributed by atoms with Crippen LogP contribution < -0.4 is 4.90 Å². The summed E-state index contributed by atoms with van der Waals surface area (Å²) in [5, 5.41) is 1.24. The summed E-state index contributed by atoms with van der Waals surface area (Å²) in [7, 11) is 2.15. The Balaban J connectivity index is 1.93. The second-order valence-electron chi connectivity index (χ2n) is 5.27. The van der Waals surface area contributed by atoms with Crippen LogP contribution in [0, 0.1) is 0 Å². The van der Waals surface area contributed by atoms with Gasteiger partial charge in [0.15, 0.2) is 0 Å². The molecule has 1 aliphatic heterocycles. The van der Waals surface area contributed by atoms with Crippen molar-refractivity contribution in [2.45, 2.75) is 0 Å². The maximum absolute atomic E-state index is 12.6. The van der Waals surface area contributed by atoms with E-state index < -0.39 is 0 Å². The van der Waals surface area contributed by atoms with Gasteiger partial charge >= 0.3 is 0 Å². The van der Waals surface area contributed by atoms with Crippen molar-refractivity contribution >= 4 is 28.4 Å². The molecule has 4 nitrogen and oxygen atoms in total. The molecule has 1 fully saturated rings. The Labute approximate surface area is 123 Å². The molecule has 0 atom stereocenters. The molecule has 1 aromatic carbocycles. The zero-order valence-corrected chi connectivity index (χ0v) is 12.2. The average Bonchev–Trinajstić information content (AvgIpc) is 2.46. The first kappa shape index (κ1) is 13.3. The van der Waals surface area contributed by atoms with Crippen LogP contribution in [0.3, 0.4) is 0 Å². The molecule has 0 unspecified atom stereocenters. The van der Waals surface area contributed by atoms with E-state index in [1.54, 1.807) is 0 Å². The van der Waals surface area contributed by atoms with Gasteiger partial charge in [-0.2, -0.15) is 0 Å². The lowest BCUT2D eigenvalue weighted by atomic mass is 10.1. The van der Waals surface area contributed by atoms with Gasteiger partial charge < -0.3 is 9.80 Å². The quantitative estimate of drug-likeness (QED) is 0.791. The van der Waals surface area contributed by atoms with Gasteiger partial charge in [0.25, 0.3) is 5.91 Å². The molecule has 20 heavy (non-hydrogen) atoms. The zero-order chi connectivity index (χ0) is 14.1. The molecule has 0 radical (unpaired) electrons. The van der Waals surface area contributed by atoms with Gasteiger partial charge in [0, 0.05) is 5.39 Å². The first-order valence-electron chi connectivity index (χ1n) is 6.81. The number of likely N-dealkylation sites (N-methyl/N-ethyl adjacent to an activating group) is 1. The predicted octanol–water partition coefficient (Wildman–Crippen LogP) is 0.859. The highest BCUT2D eigenvalue weighted by Gasteiger charge is 2.24. The van der Waals surface area contributed by atoms with Crippen molar-refractivity contribution in [1.82, 2.24) is 9.88 Å². The molecule has 2 heterocycles. The number of nitrogens with one attached hydrogen (secondary N) is 1. The number of nitrogens with zero attached hydrogens (tertiary/aromatic N) is 2. The SMILES string of the molecule is C[NH+]1CCN(C(=O)c2cc3ccccc3nc2Cl)CC1. The lowest BCUT2D eigenvalue weighted by Crippen LogP contribution is -3.12. The molecule has 1 aromatic heterocycles. The number of piperazine rings is 1. The Morgan fingerprint density at radius 3 is 2.75 bits per heavy atom. The molecule has 1 aliphatic rings. The number of carbonyl (C=O) groups excluding carboxylic acids is 1. The average molecular weight is 291 g/mol. The number of hydrogen-bond acceptors (Lipinski definition) is 2. The molecule has 1 N–H and O–H groups in total. The Morgan fingerprint density at radius 2 is 2.00 bits per heavy atom. The minimum atomic E-state index is -0.0132. The van der Waals surface area contributed by atoms with Crippen LogP contribution in [0.2, 0.25) is 5.15 Å². The summed E-state index contributed by atoms with van der Waals surface area (Å²) in [6, 6.07) is 9.54. The monoisotopic (exact) mass is 290 g/mol. The normalized spacial score (nSPS) is 16.6. The number of halogens is 1. The molecule has 0 bridgehead atoms. The van der Waals surface area contributed by atoms with Crippen LogP contribution in [-0.2, 0) is 0 Å². The van der Waals surface area contributed by atoms with E-state index >= 15 is 0 Å². The number of fused-ring (bicyclic) bond motifs is 1. The van der Waals surface area contributed by atoms with E-state index in [1.165, 1.54) is 4.90 Å². The Morgan fingerprint density at radius 1 is 1.30 bits per heavy atom. The Kier molecular flexibility index (Phi) is 3.59. The van der Waals surface area contributed by atoms with E-state index in [1.807, 2.05) is 35.2 Å². The third-order valence-electron chi connectivity index (χ3n) is 3.81. The minimum absolute atomic E-state index is 0.0132. The van der Waals surface area contributed by atoms with Crippen LogP contribution in [0.4, 0.5) is 0 Å². The smallest absolute Gasteiger partial charge is 0.257 e. The molecule has 2 aromatic rings. The molecular weight excluding hydrogens is 274 g/mol. The third-order valence-corrected chi connectivity index (χ3v) is 4.10. The highest BCUT2D eigenvalue weighted by atomic mass is 35.5. The summed E-state index contributed by atoms with van der Waals surface area (Å²) in [5.74, 6) is -0.0132. The minimum Gasteiger partial charge on any atom is -0.334 e. The van der Waals surface area contributed by atoms with Crippen LogP contribution >= 0.6 is 11.6 Å². The number of hydrogen-bond donors (Lipinski definition) is 1. The van der Waals surface area contributed by atoms with Crippen LogP contribution in [0.25, 0.3) is 10.9 Å². The number of quaternary nitrogens is 1. The summed E-state index contributed by atoms with van der Waals surface area (Å²) in [5.41, 5.74) is 1.32. The third kappa shape index (κ3) is 2.49. The van der Waals surface area contributed by atoms with Crippen molar-refractivity contribution in [3.05, 3.63) is 41.0 Å². The van der Waals surface area contributed by atoms with Crippen molar-refractivity contribution in [3.8, 4) is 0 Å². The number of carbonyl (C=O) groups is 1. The van der Waals surface area contributed by atoms with Gasteiger partial charge in [0.2, 0.25) is 0 Å². The molecule has 1 saturated heterocycles. The Hall–Kier alpha value is -1.65. The largest absolute Gasteiger partial charge is 0.334 e. The topological polar surface area (TPSA) is 37.6 Å². The maximum atomic E-state index is 12.6. The number of aromatic nitrogens is 1. The molecule has 3 rings (SSSR count). The second-order valence-corrected chi connectivity index (χ2v) is 5.63. The highest BCUT2D eigenvalue weighted by Crippen LogP contribution is 2.21. The molecule has 104 valence electrons. The summed E-state index contributed by atoms with van der Waals surface area (Å²) in [6.45, 7) is 3.50. The molecule has 0 aliphatic carbocycles. The van der Waals surface area contributed by atoms with Gasteiger partial charge in [-0.15, -0.1) is 0 Å². The van der Waals surface area contributed by atoms with E-state index in [-0.39, 0.29) is 5.91 Å². The van der Waals surface area contributed by atoms with Gasteiger partial charge in [0.1, 0.15) is 5.15 Å². The molecule has 0 spiro atoms. The first-order valence-corrected chi connectivity index (χ1v) is 7.19. The fraction of sp³-hybridized carbons (Fsp3) is 0.333. The number of pyridine rings is 1. The fourth-order valence-electron chi connectivity index (χ4n) is 2.50. The van der Waals surface area contributed by atoms with E-state index in [0.29, 0.717) is 10.7 Å². The van der Waals surface area contributed by atoms with Crippen LogP contribution in [0.15, 0.2) is 30.3 Å². The van der Waals surface area contributed by atoms with Crippen molar-refractivity contribution < 1.29 is 9.69 Å². The van der Waals surface area contributed by atoms with Gasteiger partial charge in [-0.3, -0.25) is 4.79 Å². The van der Waals surface area contributed by atoms with Crippen molar-refractivity contribution in [2.75, 3.05) is 33.2 Å². The van der Waals surface area contributed by atoms with Crippen molar-refractivity contribution in [3.63, 3.8) is 0 Å². The summed E-state index contributed by atoms with van der Waals surface area (Å²) in [6.07, 6.45) is 0. The summed E-state index contributed by atoms with van der Waals surface area (Å²) in [4.78, 5) is 20.2. The lowest BCUT2D eigenvalue weighted by Gasteiger charge is -2.30. The zero-order valence-electron chi connectivity index (χ0n) is 11.4. The van der Waals surface area contributed by atoms with E-state index in [2.05, 4.69) is 12.0 Å². The first-order chi connectivity index (χ1) is 9.65. The molecule has 1 amide bonds. The lowest BCUT2D eigenvalue weighted by molar-refractivity contribution is -0.883. The second kappa shape index (κ2) is 5.38. The number of rotatable bonds is 1. The van der Waals surface area contributed by atoms with Crippen molar-refractivity contribution in [1.29, 1.82) is 0 Å². The molecule has 5 heteroatoms. The van der Waals surface area contributed by atoms with E-state index in [0.717, 1.165) is 37.1 Å². The fourth-order valence-corrected chi connectivity index (χ4v) is 2.73. The summed E-state index contributed by atoms with van der Waals surface area (Å²) >= 11 is 6.18. The van der Waals surface area contributed by atoms with Crippen LogP contribution in [0.5, 0.6) is 0 Å². The number of benzene rings is 1. The number of amides is 1. The Bertz CT molecular complexity index is 651. The van der Waals surface area contributed by atoms with Crippen LogP contribution in [-0.4, -0.2) is 49.0 Å². The maximum Gasteiger partial charge on any atom is 0.257 e. The van der Waals surface area contributed by atoms with Gasteiger partial charge in [0.05, 0.1) is 44.3 Å². The highest BCUT2D eigenvalue weighted by molar-refractivity contribution is 6.33. The van der Waals surface area contributed by atoms with Crippen molar-refractivity contribution in [2.24, 2.45) is 0 Å². The van der Waals surface area contributed by atoms with E-state index in [4.69, 9.17) is 11.6 Å². The molecular formula is C15H17ClN3O+. The van der Waals surface area contributed by atoms with E-state index in [9.17, 15) is 4.79 Å². The predicted molar refractivity (Wildman–Crippen MR) is 79.3 cm³/mol.